The van der Waals surface area contributed by atoms with E-state index in [0.717, 1.165) is 25.1 Å². The SMILES string of the molecule is CCOc1cc(C)nc(NCC2CCC(N)C2)n1. The van der Waals surface area contributed by atoms with Gasteiger partial charge in [0.15, 0.2) is 0 Å². The van der Waals surface area contributed by atoms with Crippen LogP contribution in [0.2, 0.25) is 0 Å². The van der Waals surface area contributed by atoms with E-state index < -0.39 is 0 Å². The predicted molar refractivity (Wildman–Crippen MR) is 71.7 cm³/mol. The number of hydrogen-bond donors (Lipinski definition) is 2. The van der Waals surface area contributed by atoms with Crippen LogP contribution in [0.5, 0.6) is 5.88 Å². The second kappa shape index (κ2) is 6.00. The number of nitrogens with zero attached hydrogens (tertiary/aromatic N) is 2. The van der Waals surface area contributed by atoms with E-state index >= 15 is 0 Å². The summed E-state index contributed by atoms with van der Waals surface area (Å²) in [6.07, 6.45) is 3.42. The maximum atomic E-state index is 5.90. The van der Waals surface area contributed by atoms with Crippen LogP contribution in [-0.4, -0.2) is 29.2 Å². The quantitative estimate of drug-likeness (QED) is 0.832. The number of rotatable bonds is 5. The lowest BCUT2D eigenvalue weighted by molar-refractivity contribution is 0.326. The number of anilines is 1. The van der Waals surface area contributed by atoms with Gasteiger partial charge in [0.25, 0.3) is 0 Å². The summed E-state index contributed by atoms with van der Waals surface area (Å²) in [5.41, 5.74) is 6.82. The first-order chi connectivity index (χ1) is 8.67. The predicted octanol–water partition coefficient (Wildman–Crippen LogP) is 1.72. The zero-order valence-electron chi connectivity index (χ0n) is 11.1. The highest BCUT2D eigenvalue weighted by molar-refractivity contribution is 5.30. The Balaban J connectivity index is 1.92. The lowest BCUT2D eigenvalue weighted by Crippen LogP contribution is -2.18. The van der Waals surface area contributed by atoms with Gasteiger partial charge in [0.2, 0.25) is 11.8 Å². The number of nitrogens with two attached hydrogens (primary N) is 1. The average Bonchev–Trinajstić information content (AvgIpc) is 2.72. The van der Waals surface area contributed by atoms with Gasteiger partial charge in [-0.25, -0.2) is 4.98 Å². The standard InChI is InChI=1S/C13H22N4O/c1-3-18-12-6-9(2)16-13(17-12)15-8-10-4-5-11(14)7-10/h6,10-11H,3-5,7-8,14H2,1-2H3,(H,15,16,17). The molecule has 18 heavy (non-hydrogen) atoms. The molecule has 2 unspecified atom stereocenters. The summed E-state index contributed by atoms with van der Waals surface area (Å²) >= 11 is 0. The van der Waals surface area contributed by atoms with Crippen LogP contribution in [-0.2, 0) is 0 Å². The molecule has 0 radical (unpaired) electrons. The van der Waals surface area contributed by atoms with E-state index in [1.54, 1.807) is 0 Å². The van der Waals surface area contributed by atoms with Gasteiger partial charge in [-0.15, -0.1) is 0 Å². The van der Waals surface area contributed by atoms with E-state index in [0.29, 0.717) is 30.4 Å². The molecule has 2 rings (SSSR count). The summed E-state index contributed by atoms with van der Waals surface area (Å²) in [6, 6.07) is 2.22. The molecule has 1 fully saturated rings. The highest BCUT2D eigenvalue weighted by Crippen LogP contribution is 2.24. The van der Waals surface area contributed by atoms with Gasteiger partial charge in [-0.05, 0) is 39.0 Å². The van der Waals surface area contributed by atoms with Crippen molar-refractivity contribution >= 4 is 5.95 Å². The Morgan fingerprint density at radius 1 is 1.44 bits per heavy atom. The fraction of sp³-hybridized carbons (Fsp3) is 0.692. The molecule has 1 aromatic rings. The van der Waals surface area contributed by atoms with E-state index in [4.69, 9.17) is 10.5 Å². The topological polar surface area (TPSA) is 73.1 Å². The van der Waals surface area contributed by atoms with Crippen LogP contribution in [0.25, 0.3) is 0 Å². The Hall–Kier alpha value is -1.36. The molecule has 0 spiro atoms. The third-order valence-corrected chi connectivity index (χ3v) is 3.25. The van der Waals surface area contributed by atoms with Gasteiger partial charge >= 0.3 is 0 Å². The van der Waals surface area contributed by atoms with Gasteiger partial charge < -0.3 is 15.8 Å². The van der Waals surface area contributed by atoms with Gasteiger partial charge in [0.1, 0.15) is 0 Å². The molecule has 0 amide bonds. The van der Waals surface area contributed by atoms with Crippen LogP contribution < -0.4 is 15.8 Å². The second-order valence-electron chi connectivity index (χ2n) is 4.92. The molecule has 5 nitrogen and oxygen atoms in total. The largest absolute Gasteiger partial charge is 0.478 e. The van der Waals surface area contributed by atoms with Crippen molar-refractivity contribution in [3.63, 3.8) is 0 Å². The summed E-state index contributed by atoms with van der Waals surface area (Å²) in [5.74, 6) is 1.93. The molecule has 5 heteroatoms. The summed E-state index contributed by atoms with van der Waals surface area (Å²) < 4.78 is 5.41. The molecule has 0 bridgehead atoms. The third kappa shape index (κ3) is 3.57. The molecule has 100 valence electrons. The van der Waals surface area contributed by atoms with Crippen molar-refractivity contribution in [2.75, 3.05) is 18.5 Å². The van der Waals surface area contributed by atoms with E-state index in [-0.39, 0.29) is 0 Å². The van der Waals surface area contributed by atoms with Gasteiger partial charge in [0, 0.05) is 24.3 Å². The highest BCUT2D eigenvalue weighted by atomic mass is 16.5. The molecule has 0 aliphatic heterocycles. The minimum Gasteiger partial charge on any atom is -0.478 e. The van der Waals surface area contributed by atoms with Crippen LogP contribution in [0.3, 0.4) is 0 Å². The summed E-state index contributed by atoms with van der Waals surface area (Å²) in [4.78, 5) is 8.69. The molecule has 1 aromatic heterocycles. The van der Waals surface area contributed by atoms with Crippen LogP contribution >= 0.6 is 0 Å². The fourth-order valence-electron chi connectivity index (χ4n) is 2.38. The van der Waals surface area contributed by atoms with E-state index in [1.807, 2.05) is 19.9 Å². The minimum absolute atomic E-state index is 0.370. The number of hydrogen-bond acceptors (Lipinski definition) is 5. The van der Waals surface area contributed by atoms with Crippen LogP contribution in [0.4, 0.5) is 5.95 Å². The van der Waals surface area contributed by atoms with Gasteiger partial charge in [-0.1, -0.05) is 0 Å². The first-order valence-electron chi connectivity index (χ1n) is 6.65. The van der Waals surface area contributed by atoms with Crippen LogP contribution in [0.15, 0.2) is 6.07 Å². The molecule has 2 atom stereocenters. The number of nitrogens with one attached hydrogen (secondary N) is 1. The summed E-state index contributed by atoms with van der Waals surface area (Å²) in [7, 11) is 0. The Morgan fingerprint density at radius 2 is 2.28 bits per heavy atom. The monoisotopic (exact) mass is 250 g/mol. The first kappa shape index (κ1) is 13.1. The van der Waals surface area contributed by atoms with Crippen LogP contribution in [0.1, 0.15) is 31.9 Å². The zero-order valence-corrected chi connectivity index (χ0v) is 11.1. The molecular formula is C13H22N4O. The smallest absolute Gasteiger partial charge is 0.226 e. The first-order valence-corrected chi connectivity index (χ1v) is 6.65. The molecule has 3 N–H and O–H groups in total. The van der Waals surface area contributed by atoms with Crippen molar-refractivity contribution in [3.8, 4) is 5.88 Å². The van der Waals surface area contributed by atoms with E-state index in [9.17, 15) is 0 Å². The van der Waals surface area contributed by atoms with Crippen LogP contribution in [0, 0.1) is 12.8 Å². The van der Waals surface area contributed by atoms with Crippen molar-refractivity contribution in [1.82, 2.24) is 9.97 Å². The van der Waals surface area contributed by atoms with Crippen molar-refractivity contribution < 1.29 is 4.74 Å². The Kier molecular flexibility index (Phi) is 4.36. The number of aromatic nitrogens is 2. The van der Waals surface area contributed by atoms with Gasteiger partial charge in [-0.2, -0.15) is 4.98 Å². The molecule has 1 saturated carbocycles. The van der Waals surface area contributed by atoms with E-state index in [1.165, 1.54) is 6.42 Å². The highest BCUT2D eigenvalue weighted by Gasteiger charge is 2.21. The van der Waals surface area contributed by atoms with Crippen molar-refractivity contribution in [2.24, 2.45) is 11.7 Å². The molecule has 1 heterocycles. The van der Waals surface area contributed by atoms with E-state index in [2.05, 4.69) is 15.3 Å². The summed E-state index contributed by atoms with van der Waals surface area (Å²) in [6.45, 7) is 5.40. The zero-order chi connectivity index (χ0) is 13.0. The van der Waals surface area contributed by atoms with Gasteiger partial charge in [-0.3, -0.25) is 0 Å². The van der Waals surface area contributed by atoms with Crippen molar-refractivity contribution in [2.45, 2.75) is 39.2 Å². The lowest BCUT2D eigenvalue weighted by Gasteiger charge is -2.12. The molecule has 1 aliphatic carbocycles. The maximum absolute atomic E-state index is 5.90. The Labute approximate surface area is 108 Å². The molecular weight excluding hydrogens is 228 g/mol. The molecule has 1 aliphatic rings. The fourth-order valence-corrected chi connectivity index (χ4v) is 2.38. The van der Waals surface area contributed by atoms with Gasteiger partial charge in [0.05, 0.1) is 6.61 Å². The molecule has 0 aromatic carbocycles. The average molecular weight is 250 g/mol. The Morgan fingerprint density at radius 3 is 2.94 bits per heavy atom. The van der Waals surface area contributed by atoms with Crippen molar-refractivity contribution in [3.05, 3.63) is 11.8 Å². The number of ether oxygens (including phenoxy) is 1. The Bertz CT molecular complexity index is 397. The molecule has 0 saturated heterocycles. The second-order valence-corrected chi connectivity index (χ2v) is 4.92. The number of aryl methyl sites for hydroxylation is 1. The maximum Gasteiger partial charge on any atom is 0.226 e. The third-order valence-electron chi connectivity index (χ3n) is 3.25. The normalized spacial score (nSPS) is 23.1. The minimum atomic E-state index is 0.370. The lowest BCUT2D eigenvalue weighted by atomic mass is 10.1. The summed E-state index contributed by atoms with van der Waals surface area (Å²) in [5, 5.41) is 3.29. The van der Waals surface area contributed by atoms with Crippen molar-refractivity contribution in [1.29, 1.82) is 0 Å².